The molecule has 0 amide bonds. The quantitative estimate of drug-likeness (QED) is 0.836. The summed E-state index contributed by atoms with van der Waals surface area (Å²) in [5.74, 6) is 0. The van der Waals surface area contributed by atoms with Gasteiger partial charge in [-0.05, 0) is 64.9 Å². The Morgan fingerprint density at radius 3 is 3.06 bits per heavy atom. The van der Waals surface area contributed by atoms with E-state index in [0.29, 0.717) is 0 Å². The highest BCUT2D eigenvalue weighted by Crippen LogP contribution is 2.11. The largest absolute Gasteiger partial charge is 0.314 e. The van der Waals surface area contributed by atoms with Gasteiger partial charge >= 0.3 is 0 Å². The monoisotopic (exact) mass is 247 g/mol. The molecule has 100 valence electrons. The first kappa shape index (κ1) is 13.5. The van der Waals surface area contributed by atoms with Gasteiger partial charge < -0.3 is 10.2 Å². The summed E-state index contributed by atoms with van der Waals surface area (Å²) in [5.41, 5.74) is 2.28. The summed E-state index contributed by atoms with van der Waals surface area (Å²) in [7, 11) is 2.19. The van der Waals surface area contributed by atoms with Gasteiger partial charge in [0.2, 0.25) is 0 Å². The molecule has 0 aromatic carbocycles. The number of aryl methyl sites for hydroxylation is 1. The summed E-state index contributed by atoms with van der Waals surface area (Å²) in [6.45, 7) is 5.39. The molecule has 2 rings (SSSR count). The van der Waals surface area contributed by atoms with Crippen LogP contribution in [0.15, 0.2) is 18.2 Å². The highest BCUT2D eigenvalue weighted by Gasteiger charge is 2.13. The molecule has 0 aliphatic carbocycles. The van der Waals surface area contributed by atoms with E-state index in [1.54, 1.807) is 0 Å². The lowest BCUT2D eigenvalue weighted by Gasteiger charge is -2.17. The molecular weight excluding hydrogens is 222 g/mol. The summed E-state index contributed by atoms with van der Waals surface area (Å²) in [6.07, 6.45) is 5.31. The second kappa shape index (κ2) is 6.86. The van der Waals surface area contributed by atoms with E-state index in [1.165, 1.54) is 37.9 Å². The normalized spacial score (nSPS) is 19.6. The van der Waals surface area contributed by atoms with Crippen LogP contribution in [0, 0.1) is 6.92 Å². The SMILES string of the molecule is Cc1cccc(CN(C)CCCC2CCCN2)n1. The van der Waals surface area contributed by atoms with Crippen LogP contribution in [0.3, 0.4) is 0 Å². The predicted octanol–water partition coefficient (Wildman–Crippen LogP) is 2.35. The zero-order chi connectivity index (χ0) is 12.8. The Labute approximate surface area is 111 Å². The van der Waals surface area contributed by atoms with E-state index < -0.39 is 0 Å². The molecule has 1 N–H and O–H groups in total. The van der Waals surface area contributed by atoms with Crippen molar-refractivity contribution in [1.82, 2.24) is 15.2 Å². The fourth-order valence-electron chi connectivity index (χ4n) is 2.65. The fourth-order valence-corrected chi connectivity index (χ4v) is 2.65. The Kier molecular flexibility index (Phi) is 5.14. The van der Waals surface area contributed by atoms with Crippen molar-refractivity contribution in [2.45, 2.75) is 45.2 Å². The van der Waals surface area contributed by atoms with Crippen LogP contribution in [0.4, 0.5) is 0 Å². The lowest BCUT2D eigenvalue weighted by atomic mass is 10.1. The van der Waals surface area contributed by atoms with Crippen molar-refractivity contribution in [3.63, 3.8) is 0 Å². The Balaban J connectivity index is 1.66. The molecule has 1 atom stereocenters. The third-order valence-corrected chi connectivity index (χ3v) is 3.63. The second-order valence-corrected chi connectivity index (χ2v) is 5.44. The van der Waals surface area contributed by atoms with E-state index in [1.807, 2.05) is 0 Å². The number of aromatic nitrogens is 1. The third kappa shape index (κ3) is 4.39. The van der Waals surface area contributed by atoms with Crippen molar-refractivity contribution in [1.29, 1.82) is 0 Å². The Morgan fingerprint density at radius 2 is 2.33 bits per heavy atom. The van der Waals surface area contributed by atoms with Crippen molar-refractivity contribution in [3.8, 4) is 0 Å². The minimum atomic E-state index is 0.774. The molecule has 0 bridgehead atoms. The van der Waals surface area contributed by atoms with Crippen molar-refractivity contribution < 1.29 is 0 Å². The van der Waals surface area contributed by atoms with Crippen molar-refractivity contribution in [2.75, 3.05) is 20.1 Å². The van der Waals surface area contributed by atoms with Gasteiger partial charge in [-0.2, -0.15) is 0 Å². The summed E-state index contributed by atoms with van der Waals surface area (Å²) in [5, 5.41) is 3.56. The van der Waals surface area contributed by atoms with Gasteiger partial charge in [-0.1, -0.05) is 6.07 Å². The van der Waals surface area contributed by atoms with Crippen LogP contribution < -0.4 is 5.32 Å². The standard InChI is InChI=1S/C15H25N3/c1-13-6-3-7-15(17-13)12-18(2)11-5-9-14-8-4-10-16-14/h3,6-7,14,16H,4-5,8-12H2,1-2H3. The van der Waals surface area contributed by atoms with E-state index in [4.69, 9.17) is 0 Å². The second-order valence-electron chi connectivity index (χ2n) is 5.44. The first-order chi connectivity index (χ1) is 8.74. The maximum Gasteiger partial charge on any atom is 0.0547 e. The van der Waals surface area contributed by atoms with Crippen LogP contribution in [-0.2, 0) is 6.54 Å². The van der Waals surface area contributed by atoms with Crippen LogP contribution in [-0.4, -0.2) is 36.1 Å². The van der Waals surface area contributed by atoms with Crippen LogP contribution in [0.25, 0.3) is 0 Å². The van der Waals surface area contributed by atoms with Crippen LogP contribution in [0.2, 0.25) is 0 Å². The zero-order valence-electron chi connectivity index (χ0n) is 11.7. The van der Waals surface area contributed by atoms with Crippen LogP contribution in [0.1, 0.15) is 37.1 Å². The smallest absolute Gasteiger partial charge is 0.0547 e. The number of hydrogen-bond acceptors (Lipinski definition) is 3. The molecule has 0 spiro atoms. The van der Waals surface area contributed by atoms with Gasteiger partial charge in [-0.3, -0.25) is 4.98 Å². The molecule has 1 aliphatic rings. The summed E-state index contributed by atoms with van der Waals surface area (Å²) < 4.78 is 0. The first-order valence-electron chi connectivity index (χ1n) is 7.08. The van der Waals surface area contributed by atoms with E-state index in [-0.39, 0.29) is 0 Å². The van der Waals surface area contributed by atoms with Gasteiger partial charge in [0.05, 0.1) is 5.69 Å². The molecule has 0 radical (unpaired) electrons. The van der Waals surface area contributed by atoms with Crippen LogP contribution >= 0.6 is 0 Å². The van der Waals surface area contributed by atoms with Gasteiger partial charge in [0.1, 0.15) is 0 Å². The molecule has 2 heterocycles. The molecule has 3 heteroatoms. The molecule has 3 nitrogen and oxygen atoms in total. The van der Waals surface area contributed by atoms with E-state index in [0.717, 1.165) is 24.8 Å². The van der Waals surface area contributed by atoms with Gasteiger partial charge in [0.25, 0.3) is 0 Å². The van der Waals surface area contributed by atoms with Gasteiger partial charge in [-0.15, -0.1) is 0 Å². The van der Waals surface area contributed by atoms with E-state index in [2.05, 4.69) is 47.4 Å². The van der Waals surface area contributed by atoms with Crippen molar-refractivity contribution in [3.05, 3.63) is 29.6 Å². The molecule has 1 unspecified atom stereocenters. The highest BCUT2D eigenvalue weighted by atomic mass is 15.1. The van der Waals surface area contributed by atoms with E-state index >= 15 is 0 Å². The number of rotatable bonds is 6. The molecule has 18 heavy (non-hydrogen) atoms. The minimum Gasteiger partial charge on any atom is -0.314 e. The Bertz CT molecular complexity index is 359. The molecule has 1 saturated heterocycles. The Hall–Kier alpha value is -0.930. The minimum absolute atomic E-state index is 0.774. The lowest BCUT2D eigenvalue weighted by Crippen LogP contribution is -2.24. The van der Waals surface area contributed by atoms with Crippen molar-refractivity contribution >= 4 is 0 Å². The fraction of sp³-hybridized carbons (Fsp3) is 0.667. The number of pyridine rings is 1. The van der Waals surface area contributed by atoms with Gasteiger partial charge in [0.15, 0.2) is 0 Å². The average Bonchev–Trinajstić information content (AvgIpc) is 2.82. The maximum absolute atomic E-state index is 4.54. The average molecular weight is 247 g/mol. The number of hydrogen-bond donors (Lipinski definition) is 1. The topological polar surface area (TPSA) is 28.2 Å². The Morgan fingerprint density at radius 1 is 1.44 bits per heavy atom. The molecular formula is C15H25N3. The maximum atomic E-state index is 4.54. The first-order valence-corrected chi connectivity index (χ1v) is 7.08. The lowest BCUT2D eigenvalue weighted by molar-refractivity contribution is 0.308. The van der Waals surface area contributed by atoms with E-state index in [9.17, 15) is 0 Å². The molecule has 1 aromatic heterocycles. The summed E-state index contributed by atoms with van der Waals surface area (Å²) >= 11 is 0. The number of nitrogens with one attached hydrogen (secondary N) is 1. The molecule has 1 fully saturated rings. The van der Waals surface area contributed by atoms with Crippen LogP contribution in [0.5, 0.6) is 0 Å². The molecule has 0 saturated carbocycles. The molecule has 1 aromatic rings. The number of nitrogens with zero attached hydrogens (tertiary/aromatic N) is 2. The summed E-state index contributed by atoms with van der Waals surface area (Å²) in [4.78, 5) is 6.92. The highest BCUT2D eigenvalue weighted by molar-refractivity contribution is 5.09. The predicted molar refractivity (Wildman–Crippen MR) is 75.6 cm³/mol. The van der Waals surface area contributed by atoms with Crippen molar-refractivity contribution in [2.24, 2.45) is 0 Å². The van der Waals surface area contributed by atoms with Gasteiger partial charge in [0, 0.05) is 18.3 Å². The molecule has 1 aliphatic heterocycles. The zero-order valence-corrected chi connectivity index (χ0v) is 11.7. The van der Waals surface area contributed by atoms with Gasteiger partial charge in [-0.25, -0.2) is 0 Å². The summed E-state index contributed by atoms with van der Waals surface area (Å²) in [6, 6.07) is 7.03. The third-order valence-electron chi connectivity index (χ3n) is 3.63.